The molecular formula is C30H32N2O3. The fourth-order valence-electron chi connectivity index (χ4n) is 5.35. The van der Waals surface area contributed by atoms with Crippen LogP contribution < -0.4 is 5.32 Å². The van der Waals surface area contributed by atoms with E-state index in [1.165, 1.54) is 5.56 Å². The van der Waals surface area contributed by atoms with Gasteiger partial charge in [0.05, 0.1) is 0 Å². The van der Waals surface area contributed by atoms with E-state index in [-0.39, 0.29) is 11.3 Å². The maximum absolute atomic E-state index is 13.3. The predicted molar refractivity (Wildman–Crippen MR) is 139 cm³/mol. The lowest BCUT2D eigenvalue weighted by Crippen LogP contribution is -2.52. The van der Waals surface area contributed by atoms with Crippen LogP contribution >= 0.6 is 0 Å². The molecule has 1 aliphatic heterocycles. The molecule has 2 N–H and O–H groups in total. The van der Waals surface area contributed by atoms with Gasteiger partial charge < -0.3 is 15.3 Å². The molecule has 3 aromatic rings. The van der Waals surface area contributed by atoms with E-state index in [4.69, 9.17) is 0 Å². The number of carboxylic acid groups (broad SMARTS) is 1. The van der Waals surface area contributed by atoms with Crippen LogP contribution in [0.1, 0.15) is 67.9 Å². The minimum Gasteiger partial charge on any atom is -0.479 e. The van der Waals surface area contributed by atoms with Crippen LogP contribution in [0, 0.1) is 0 Å². The van der Waals surface area contributed by atoms with E-state index in [1.807, 2.05) is 42.5 Å². The van der Waals surface area contributed by atoms with Crippen molar-refractivity contribution >= 4 is 23.3 Å². The van der Waals surface area contributed by atoms with Gasteiger partial charge in [0.25, 0.3) is 5.91 Å². The van der Waals surface area contributed by atoms with Crippen LogP contribution in [0.2, 0.25) is 0 Å². The monoisotopic (exact) mass is 468 g/mol. The average molecular weight is 469 g/mol. The third kappa shape index (κ3) is 4.20. The van der Waals surface area contributed by atoms with Gasteiger partial charge in [-0.25, -0.2) is 4.79 Å². The van der Waals surface area contributed by atoms with Gasteiger partial charge in [-0.05, 0) is 70.8 Å². The second-order valence-electron chi connectivity index (χ2n) is 10.8. The summed E-state index contributed by atoms with van der Waals surface area (Å²) in [7, 11) is 0. The first kappa shape index (κ1) is 23.2. The van der Waals surface area contributed by atoms with Gasteiger partial charge in [-0.3, -0.25) is 4.79 Å². The van der Waals surface area contributed by atoms with Crippen molar-refractivity contribution in [2.45, 2.75) is 64.0 Å². The summed E-state index contributed by atoms with van der Waals surface area (Å²) in [5.41, 5.74) is 5.88. The molecule has 1 fully saturated rings. The van der Waals surface area contributed by atoms with Crippen molar-refractivity contribution in [1.82, 2.24) is 4.90 Å². The maximum Gasteiger partial charge on any atom is 0.329 e. The van der Waals surface area contributed by atoms with Crippen LogP contribution in [0.5, 0.6) is 0 Å². The molecule has 1 aliphatic carbocycles. The van der Waals surface area contributed by atoms with Crippen LogP contribution in [0.4, 0.5) is 11.4 Å². The van der Waals surface area contributed by atoms with Crippen molar-refractivity contribution < 1.29 is 14.7 Å². The zero-order chi connectivity index (χ0) is 24.8. The molecule has 0 radical (unpaired) electrons. The van der Waals surface area contributed by atoms with Crippen LogP contribution in [0.3, 0.4) is 0 Å². The molecule has 0 bridgehead atoms. The predicted octanol–water partition coefficient (Wildman–Crippen LogP) is 6.75. The molecule has 3 aromatic carbocycles. The highest BCUT2D eigenvalue weighted by Gasteiger charge is 2.51. The number of anilines is 2. The molecule has 0 atom stereocenters. The average Bonchev–Trinajstić information content (AvgIpc) is 3.45. The standard InChI is InChI=1S/C30H32N2O3/c1-29(2,3)23-10-14-25(15-11-23)31-24-12-8-20(9-13-24)21-6-7-22-19-32(27(33)26(22)18-21)30(28(34)35)16-4-5-17-30/h6-15,18,31H,4-5,16-17,19H2,1-3H3,(H,34,35). The Morgan fingerprint density at radius 2 is 1.46 bits per heavy atom. The molecule has 5 nitrogen and oxygen atoms in total. The van der Waals surface area contributed by atoms with Gasteiger partial charge in [0.1, 0.15) is 5.54 Å². The Labute approximate surface area is 206 Å². The maximum atomic E-state index is 13.3. The summed E-state index contributed by atoms with van der Waals surface area (Å²) < 4.78 is 0. The van der Waals surface area contributed by atoms with Gasteiger partial charge in [0, 0.05) is 23.5 Å². The van der Waals surface area contributed by atoms with Crippen molar-refractivity contribution in [1.29, 1.82) is 0 Å². The molecule has 0 unspecified atom stereocenters. The largest absolute Gasteiger partial charge is 0.479 e. The lowest BCUT2D eigenvalue weighted by Gasteiger charge is -2.34. The zero-order valence-corrected chi connectivity index (χ0v) is 20.6. The molecular weight excluding hydrogens is 436 g/mol. The molecule has 5 rings (SSSR count). The molecule has 1 saturated carbocycles. The quantitative estimate of drug-likeness (QED) is 0.435. The number of carboxylic acids is 1. The summed E-state index contributed by atoms with van der Waals surface area (Å²) in [5, 5.41) is 13.4. The van der Waals surface area contributed by atoms with Crippen LogP contribution in [0.15, 0.2) is 66.7 Å². The van der Waals surface area contributed by atoms with E-state index < -0.39 is 11.5 Å². The molecule has 5 heteroatoms. The highest BCUT2D eigenvalue weighted by atomic mass is 16.4. The number of fused-ring (bicyclic) bond motifs is 1. The normalized spacial score (nSPS) is 16.9. The highest BCUT2D eigenvalue weighted by Crippen LogP contribution is 2.41. The Balaban J connectivity index is 1.33. The van der Waals surface area contributed by atoms with Gasteiger partial charge in [-0.1, -0.05) is 70.0 Å². The van der Waals surface area contributed by atoms with Gasteiger partial charge in [-0.2, -0.15) is 0 Å². The van der Waals surface area contributed by atoms with E-state index in [0.717, 1.165) is 40.9 Å². The van der Waals surface area contributed by atoms with E-state index in [1.54, 1.807) is 4.90 Å². The number of amides is 1. The summed E-state index contributed by atoms with van der Waals surface area (Å²) in [5.74, 6) is -1.05. The number of benzene rings is 3. The van der Waals surface area contributed by atoms with E-state index in [2.05, 4.69) is 50.4 Å². The second kappa shape index (κ2) is 8.56. The molecule has 2 aliphatic rings. The van der Waals surface area contributed by atoms with Crippen molar-refractivity contribution in [3.8, 4) is 11.1 Å². The topological polar surface area (TPSA) is 69.6 Å². The number of rotatable bonds is 5. The molecule has 1 heterocycles. The van der Waals surface area contributed by atoms with E-state index in [9.17, 15) is 14.7 Å². The third-order valence-electron chi connectivity index (χ3n) is 7.52. The van der Waals surface area contributed by atoms with Gasteiger partial charge in [0.2, 0.25) is 0 Å². The van der Waals surface area contributed by atoms with Crippen molar-refractivity contribution in [2.75, 3.05) is 5.32 Å². The molecule has 35 heavy (non-hydrogen) atoms. The molecule has 0 saturated heterocycles. The van der Waals surface area contributed by atoms with E-state index >= 15 is 0 Å². The smallest absolute Gasteiger partial charge is 0.329 e. The zero-order valence-electron chi connectivity index (χ0n) is 20.6. The first-order chi connectivity index (χ1) is 16.7. The fraction of sp³-hybridized carbons (Fsp3) is 0.333. The Bertz CT molecular complexity index is 1260. The summed E-state index contributed by atoms with van der Waals surface area (Å²) in [4.78, 5) is 27.0. The Morgan fingerprint density at radius 3 is 2.03 bits per heavy atom. The number of hydrogen-bond acceptors (Lipinski definition) is 3. The number of carbonyl (C=O) groups is 2. The number of nitrogens with one attached hydrogen (secondary N) is 1. The van der Waals surface area contributed by atoms with Gasteiger partial charge in [-0.15, -0.1) is 0 Å². The third-order valence-corrected chi connectivity index (χ3v) is 7.52. The van der Waals surface area contributed by atoms with Crippen LogP contribution in [-0.2, 0) is 16.8 Å². The SMILES string of the molecule is CC(C)(C)c1ccc(Nc2ccc(-c3ccc4c(c3)C(=O)N(C3(C(=O)O)CCCC3)C4)cc2)cc1. The number of carbonyl (C=O) groups excluding carboxylic acids is 1. The number of hydrogen-bond donors (Lipinski definition) is 2. The van der Waals surface area contributed by atoms with Crippen LogP contribution in [-0.4, -0.2) is 27.4 Å². The summed E-state index contributed by atoms with van der Waals surface area (Å²) in [6, 6.07) is 22.6. The van der Waals surface area contributed by atoms with Crippen molar-refractivity contribution in [3.05, 3.63) is 83.4 Å². The Hall–Kier alpha value is -3.60. The number of nitrogens with zero attached hydrogens (tertiary/aromatic N) is 1. The molecule has 180 valence electrons. The highest BCUT2D eigenvalue weighted by molar-refractivity contribution is 6.02. The Kier molecular flexibility index (Phi) is 5.66. The minimum atomic E-state index is -1.06. The molecule has 0 aromatic heterocycles. The van der Waals surface area contributed by atoms with E-state index in [0.29, 0.717) is 24.9 Å². The minimum absolute atomic E-state index is 0.125. The molecule has 1 amide bonds. The Morgan fingerprint density at radius 1 is 0.886 bits per heavy atom. The first-order valence-corrected chi connectivity index (χ1v) is 12.3. The van der Waals surface area contributed by atoms with Gasteiger partial charge >= 0.3 is 5.97 Å². The molecule has 0 spiro atoms. The lowest BCUT2D eigenvalue weighted by molar-refractivity contribution is -0.149. The van der Waals surface area contributed by atoms with Crippen molar-refractivity contribution in [3.63, 3.8) is 0 Å². The summed E-state index contributed by atoms with van der Waals surface area (Å²) >= 11 is 0. The number of aliphatic carboxylic acids is 1. The van der Waals surface area contributed by atoms with Crippen LogP contribution in [0.25, 0.3) is 11.1 Å². The summed E-state index contributed by atoms with van der Waals surface area (Å²) in [6.07, 6.45) is 2.75. The first-order valence-electron chi connectivity index (χ1n) is 12.3. The fourth-order valence-corrected chi connectivity index (χ4v) is 5.35. The second-order valence-corrected chi connectivity index (χ2v) is 10.8. The van der Waals surface area contributed by atoms with Crippen molar-refractivity contribution in [2.24, 2.45) is 0 Å². The van der Waals surface area contributed by atoms with Gasteiger partial charge in [0.15, 0.2) is 0 Å². The summed E-state index contributed by atoms with van der Waals surface area (Å²) in [6.45, 7) is 6.99. The lowest BCUT2D eigenvalue weighted by atomic mass is 9.87.